The summed E-state index contributed by atoms with van der Waals surface area (Å²) in [6.07, 6.45) is 1.50. The molecule has 0 saturated heterocycles. The molecule has 0 heterocycles. The summed E-state index contributed by atoms with van der Waals surface area (Å²) in [6.45, 7) is 17.6. The highest BCUT2D eigenvalue weighted by Gasteiger charge is 2.77. The van der Waals surface area contributed by atoms with Crippen LogP contribution < -0.4 is 5.32 Å². The van der Waals surface area contributed by atoms with E-state index in [1.54, 1.807) is 0 Å². The van der Waals surface area contributed by atoms with E-state index >= 15 is 0 Å². The molecular formula is C23H38N2O. The summed E-state index contributed by atoms with van der Waals surface area (Å²) in [5, 5.41) is 21.9. The molecule has 0 aliphatic heterocycles. The predicted octanol–water partition coefficient (Wildman–Crippen LogP) is 4.73. The van der Waals surface area contributed by atoms with Crippen molar-refractivity contribution in [3.63, 3.8) is 0 Å². The minimum atomic E-state index is -0.265. The molecule has 0 amide bonds. The molecule has 1 aliphatic carbocycles. The van der Waals surface area contributed by atoms with E-state index in [0.29, 0.717) is 18.5 Å². The largest absolute Gasteiger partial charge is 0.396 e. The standard InChI is InChI=1S/C17H23NO.C6H15N/c1-15(2)16(3,4)17(15,12-18)11-14-7-5-13(6-8-14)9-10-19;1-5(2)7-6(3)4/h5-8,19H,9-11H2,1-4H3;5-7H,1-4H3. The van der Waals surface area contributed by atoms with Crippen LogP contribution in [0.1, 0.15) is 66.5 Å². The van der Waals surface area contributed by atoms with Crippen LogP contribution >= 0.6 is 0 Å². The number of hydrogen-bond donors (Lipinski definition) is 2. The molecule has 1 aromatic carbocycles. The van der Waals surface area contributed by atoms with E-state index in [9.17, 15) is 5.26 Å². The average Bonchev–Trinajstić information content (AvgIpc) is 2.86. The zero-order valence-electron chi connectivity index (χ0n) is 18.0. The second-order valence-electron chi connectivity index (χ2n) is 9.21. The molecule has 26 heavy (non-hydrogen) atoms. The number of hydrogen-bond acceptors (Lipinski definition) is 3. The fourth-order valence-corrected chi connectivity index (χ4v) is 4.12. The Bertz CT molecular complexity index is 586. The SMILES string of the molecule is CC(C)NC(C)C.CC1(C)C(C)(C)C1(C#N)Cc1ccc(CCO)cc1. The maximum atomic E-state index is 9.64. The Kier molecular flexibility index (Phi) is 7.45. The Balaban J connectivity index is 0.000000412. The fraction of sp³-hybridized carbons (Fsp3) is 0.696. The third kappa shape index (κ3) is 4.48. The van der Waals surface area contributed by atoms with Crippen LogP contribution in [0.4, 0.5) is 0 Å². The maximum absolute atomic E-state index is 9.64. The van der Waals surface area contributed by atoms with Crippen LogP contribution in [0.5, 0.6) is 0 Å². The first-order chi connectivity index (χ1) is 11.9. The summed E-state index contributed by atoms with van der Waals surface area (Å²) in [7, 11) is 0. The van der Waals surface area contributed by atoms with Gasteiger partial charge in [0.25, 0.3) is 0 Å². The summed E-state index contributed by atoms with van der Waals surface area (Å²) in [5.41, 5.74) is 2.20. The van der Waals surface area contributed by atoms with Crippen LogP contribution in [0, 0.1) is 27.6 Å². The summed E-state index contributed by atoms with van der Waals surface area (Å²) in [6, 6.07) is 12.1. The number of nitrogens with zero attached hydrogens (tertiary/aromatic N) is 1. The number of nitrogens with one attached hydrogen (secondary N) is 1. The van der Waals surface area contributed by atoms with Crippen molar-refractivity contribution in [1.82, 2.24) is 5.32 Å². The normalized spacial score (nSPS) is 18.8. The zero-order chi connectivity index (χ0) is 20.2. The van der Waals surface area contributed by atoms with Crippen molar-refractivity contribution in [1.29, 1.82) is 5.26 Å². The molecule has 1 aromatic rings. The van der Waals surface area contributed by atoms with E-state index < -0.39 is 0 Å². The van der Waals surface area contributed by atoms with Crippen LogP contribution in [-0.4, -0.2) is 23.8 Å². The molecule has 0 aromatic heterocycles. The van der Waals surface area contributed by atoms with E-state index in [2.05, 4.69) is 91.0 Å². The van der Waals surface area contributed by atoms with Crippen LogP contribution in [0.25, 0.3) is 0 Å². The van der Waals surface area contributed by atoms with Crippen LogP contribution in [0.2, 0.25) is 0 Å². The number of aliphatic hydroxyl groups excluding tert-OH is 1. The fourth-order valence-electron chi connectivity index (χ4n) is 4.12. The van der Waals surface area contributed by atoms with E-state index in [-0.39, 0.29) is 22.9 Å². The quantitative estimate of drug-likeness (QED) is 0.773. The first kappa shape index (κ1) is 22.7. The van der Waals surface area contributed by atoms with Gasteiger partial charge in [-0.3, -0.25) is 0 Å². The Labute approximate surface area is 160 Å². The monoisotopic (exact) mass is 358 g/mol. The van der Waals surface area contributed by atoms with E-state index in [0.717, 1.165) is 12.0 Å². The molecule has 1 aliphatic rings. The van der Waals surface area contributed by atoms with Gasteiger partial charge >= 0.3 is 0 Å². The lowest BCUT2D eigenvalue weighted by Crippen LogP contribution is -2.29. The molecule has 3 heteroatoms. The van der Waals surface area contributed by atoms with E-state index in [4.69, 9.17) is 5.11 Å². The molecule has 0 atom stereocenters. The molecule has 0 radical (unpaired) electrons. The highest BCUT2D eigenvalue weighted by atomic mass is 16.2. The van der Waals surface area contributed by atoms with Crippen molar-refractivity contribution in [2.24, 2.45) is 16.2 Å². The van der Waals surface area contributed by atoms with Gasteiger partial charge in [0.1, 0.15) is 0 Å². The van der Waals surface area contributed by atoms with Gasteiger partial charge in [-0.25, -0.2) is 0 Å². The molecule has 2 N–H and O–H groups in total. The first-order valence-electron chi connectivity index (χ1n) is 9.81. The van der Waals surface area contributed by atoms with Gasteiger partial charge in [-0.15, -0.1) is 0 Å². The third-order valence-electron chi connectivity index (χ3n) is 6.38. The predicted molar refractivity (Wildman–Crippen MR) is 110 cm³/mol. The number of nitriles is 1. The van der Waals surface area contributed by atoms with Gasteiger partial charge in [-0.05, 0) is 34.8 Å². The summed E-state index contributed by atoms with van der Waals surface area (Å²) in [5.74, 6) is 0. The number of aliphatic hydroxyl groups is 1. The molecule has 0 spiro atoms. The Hall–Kier alpha value is -1.37. The van der Waals surface area contributed by atoms with Crippen molar-refractivity contribution in [2.45, 2.75) is 80.3 Å². The van der Waals surface area contributed by atoms with Gasteiger partial charge in [0, 0.05) is 18.7 Å². The van der Waals surface area contributed by atoms with Crippen molar-refractivity contribution in [3.8, 4) is 6.07 Å². The average molecular weight is 359 g/mol. The minimum absolute atomic E-state index is 0.0541. The molecule has 1 fully saturated rings. The number of rotatable bonds is 6. The van der Waals surface area contributed by atoms with Crippen LogP contribution in [-0.2, 0) is 12.8 Å². The van der Waals surface area contributed by atoms with Crippen molar-refractivity contribution < 1.29 is 5.11 Å². The van der Waals surface area contributed by atoms with Gasteiger partial charge < -0.3 is 10.4 Å². The summed E-state index contributed by atoms with van der Waals surface area (Å²) in [4.78, 5) is 0. The topological polar surface area (TPSA) is 56.0 Å². The van der Waals surface area contributed by atoms with Gasteiger partial charge in [-0.1, -0.05) is 79.7 Å². The molecule has 146 valence electrons. The Morgan fingerprint density at radius 2 is 1.35 bits per heavy atom. The lowest BCUT2D eigenvalue weighted by Gasteiger charge is -2.13. The first-order valence-corrected chi connectivity index (χ1v) is 9.81. The minimum Gasteiger partial charge on any atom is -0.396 e. The van der Waals surface area contributed by atoms with Gasteiger partial charge in [0.15, 0.2) is 0 Å². The zero-order valence-corrected chi connectivity index (χ0v) is 18.0. The van der Waals surface area contributed by atoms with E-state index in [1.165, 1.54) is 5.56 Å². The summed E-state index contributed by atoms with van der Waals surface area (Å²) < 4.78 is 0. The van der Waals surface area contributed by atoms with Crippen LogP contribution in [0.15, 0.2) is 24.3 Å². The maximum Gasteiger partial charge on any atom is 0.0727 e. The second kappa shape index (κ2) is 8.55. The molecule has 3 nitrogen and oxygen atoms in total. The van der Waals surface area contributed by atoms with Gasteiger partial charge in [-0.2, -0.15) is 5.26 Å². The smallest absolute Gasteiger partial charge is 0.0727 e. The Morgan fingerprint density at radius 3 is 1.62 bits per heavy atom. The second-order valence-corrected chi connectivity index (χ2v) is 9.21. The van der Waals surface area contributed by atoms with Gasteiger partial charge in [0.05, 0.1) is 11.5 Å². The molecule has 0 bridgehead atoms. The lowest BCUT2D eigenvalue weighted by atomic mass is 9.88. The van der Waals surface area contributed by atoms with Crippen molar-refractivity contribution >= 4 is 0 Å². The molecule has 0 unspecified atom stereocenters. The van der Waals surface area contributed by atoms with Gasteiger partial charge in [0.2, 0.25) is 0 Å². The van der Waals surface area contributed by atoms with Crippen LogP contribution in [0.3, 0.4) is 0 Å². The Morgan fingerprint density at radius 1 is 0.923 bits per heavy atom. The van der Waals surface area contributed by atoms with E-state index in [1.807, 2.05) is 0 Å². The van der Waals surface area contributed by atoms with Crippen molar-refractivity contribution in [3.05, 3.63) is 35.4 Å². The third-order valence-corrected chi connectivity index (χ3v) is 6.38. The number of benzene rings is 1. The summed E-state index contributed by atoms with van der Waals surface area (Å²) >= 11 is 0. The highest BCUT2D eigenvalue weighted by molar-refractivity contribution is 5.37. The molecular weight excluding hydrogens is 320 g/mol. The molecule has 1 saturated carbocycles. The van der Waals surface area contributed by atoms with Crippen molar-refractivity contribution in [2.75, 3.05) is 6.61 Å². The lowest BCUT2D eigenvalue weighted by molar-refractivity contribution is 0.299. The molecule has 2 rings (SSSR count). The highest BCUT2D eigenvalue weighted by Crippen LogP contribution is 2.78.